The molecule has 2 N–H and O–H groups in total. The van der Waals surface area contributed by atoms with Gasteiger partial charge in [-0.3, -0.25) is 0 Å². The van der Waals surface area contributed by atoms with Crippen LogP contribution < -0.4 is 0 Å². The summed E-state index contributed by atoms with van der Waals surface area (Å²) in [6, 6.07) is 22.9. The number of phenols is 2. The van der Waals surface area contributed by atoms with E-state index in [1.54, 1.807) is 18.2 Å². The van der Waals surface area contributed by atoms with Crippen molar-refractivity contribution in [2.45, 2.75) is 12.8 Å². The van der Waals surface area contributed by atoms with Crippen molar-refractivity contribution < 1.29 is 10.2 Å². The van der Waals surface area contributed by atoms with Gasteiger partial charge in [0.1, 0.15) is 11.5 Å². The van der Waals surface area contributed by atoms with Gasteiger partial charge >= 0.3 is 0 Å². The first-order valence-corrected chi connectivity index (χ1v) is 7.32. The van der Waals surface area contributed by atoms with Crippen molar-refractivity contribution in [1.82, 2.24) is 0 Å². The molecule has 1 atom stereocenters. The summed E-state index contributed by atoms with van der Waals surface area (Å²) in [6.45, 7) is 2.09. The molecule has 0 aliphatic carbocycles. The van der Waals surface area contributed by atoms with Crippen LogP contribution in [0.1, 0.15) is 24.0 Å². The van der Waals surface area contributed by atoms with Gasteiger partial charge in [-0.1, -0.05) is 55.5 Å². The average Bonchev–Trinajstić information content (AvgIpc) is 2.56. The van der Waals surface area contributed by atoms with Gasteiger partial charge in [-0.2, -0.15) is 0 Å². The molecule has 0 amide bonds. The monoisotopic (exact) mass is 290 g/mol. The lowest BCUT2D eigenvalue weighted by molar-refractivity contribution is 0.466. The van der Waals surface area contributed by atoms with Crippen LogP contribution in [0.15, 0.2) is 72.8 Å². The van der Waals surface area contributed by atoms with E-state index >= 15 is 0 Å². The molecule has 3 aromatic carbocycles. The Morgan fingerprint density at radius 3 is 2.05 bits per heavy atom. The molecule has 110 valence electrons. The number of aromatic hydroxyl groups is 2. The highest BCUT2D eigenvalue weighted by Gasteiger charge is 2.13. The molecule has 0 saturated carbocycles. The van der Waals surface area contributed by atoms with Gasteiger partial charge in [-0.25, -0.2) is 0 Å². The highest BCUT2D eigenvalue weighted by atomic mass is 16.3. The summed E-state index contributed by atoms with van der Waals surface area (Å²) in [5.74, 6) is 0.664. The van der Waals surface area contributed by atoms with Gasteiger partial charge in [-0.15, -0.1) is 0 Å². The van der Waals surface area contributed by atoms with E-state index in [1.165, 1.54) is 5.56 Å². The van der Waals surface area contributed by atoms with Crippen molar-refractivity contribution in [3.8, 4) is 22.6 Å². The second-order valence-electron chi connectivity index (χ2n) is 5.45. The van der Waals surface area contributed by atoms with Gasteiger partial charge in [0.2, 0.25) is 0 Å². The highest BCUT2D eigenvalue weighted by Crippen LogP contribution is 2.34. The molecule has 3 rings (SSSR count). The van der Waals surface area contributed by atoms with E-state index in [-0.39, 0.29) is 11.7 Å². The van der Waals surface area contributed by atoms with Crippen molar-refractivity contribution in [2.24, 2.45) is 0 Å². The number of hydrogen-bond donors (Lipinski definition) is 2. The molecule has 0 heterocycles. The first kappa shape index (κ1) is 14.2. The molecule has 0 spiro atoms. The summed E-state index contributed by atoms with van der Waals surface area (Å²) in [5.41, 5.74) is 4.10. The fourth-order valence-electron chi connectivity index (χ4n) is 2.66. The molecule has 1 unspecified atom stereocenters. The van der Waals surface area contributed by atoms with Crippen LogP contribution in [-0.2, 0) is 0 Å². The maximum Gasteiger partial charge on any atom is 0.119 e. The zero-order valence-electron chi connectivity index (χ0n) is 12.4. The molecule has 0 aliphatic heterocycles. The van der Waals surface area contributed by atoms with Gasteiger partial charge in [0, 0.05) is 11.5 Å². The molecule has 0 fully saturated rings. The van der Waals surface area contributed by atoms with Crippen LogP contribution in [0.3, 0.4) is 0 Å². The van der Waals surface area contributed by atoms with Crippen LogP contribution >= 0.6 is 0 Å². The average molecular weight is 290 g/mol. The van der Waals surface area contributed by atoms with Crippen LogP contribution in [0.4, 0.5) is 0 Å². The van der Waals surface area contributed by atoms with Crippen molar-refractivity contribution in [3.63, 3.8) is 0 Å². The van der Waals surface area contributed by atoms with Gasteiger partial charge in [0.15, 0.2) is 0 Å². The Morgan fingerprint density at radius 2 is 1.36 bits per heavy atom. The van der Waals surface area contributed by atoms with Gasteiger partial charge < -0.3 is 10.2 Å². The zero-order valence-corrected chi connectivity index (χ0v) is 12.4. The SMILES string of the molecule is CC(c1ccccc1)c1cc(-c2ccc(O)cc2)ccc1O. The van der Waals surface area contributed by atoms with E-state index in [0.29, 0.717) is 5.75 Å². The van der Waals surface area contributed by atoms with Crippen LogP contribution in [0, 0.1) is 0 Å². The molecule has 0 saturated heterocycles. The van der Waals surface area contributed by atoms with E-state index in [4.69, 9.17) is 0 Å². The lowest BCUT2D eigenvalue weighted by Gasteiger charge is -2.15. The molecule has 3 aromatic rings. The summed E-state index contributed by atoms with van der Waals surface area (Å²) in [6.07, 6.45) is 0. The molecular formula is C20H18O2. The van der Waals surface area contributed by atoms with Gasteiger partial charge in [-0.05, 0) is 41.0 Å². The molecule has 0 bridgehead atoms. The summed E-state index contributed by atoms with van der Waals surface area (Å²) < 4.78 is 0. The third-order valence-corrected chi connectivity index (χ3v) is 3.99. The summed E-state index contributed by atoms with van der Waals surface area (Å²) in [4.78, 5) is 0. The molecule has 2 nitrogen and oxygen atoms in total. The first-order chi connectivity index (χ1) is 10.6. The third-order valence-electron chi connectivity index (χ3n) is 3.99. The fourth-order valence-corrected chi connectivity index (χ4v) is 2.66. The Hall–Kier alpha value is -2.74. The van der Waals surface area contributed by atoms with E-state index in [0.717, 1.165) is 16.7 Å². The maximum atomic E-state index is 10.2. The maximum absolute atomic E-state index is 10.2. The largest absolute Gasteiger partial charge is 0.508 e. The Bertz CT molecular complexity index is 761. The van der Waals surface area contributed by atoms with Crippen LogP contribution in [0.2, 0.25) is 0 Å². The third kappa shape index (κ3) is 2.82. The minimum atomic E-state index is 0.110. The number of hydrogen-bond acceptors (Lipinski definition) is 2. The second kappa shape index (κ2) is 5.94. The van der Waals surface area contributed by atoms with E-state index in [9.17, 15) is 10.2 Å². The van der Waals surface area contributed by atoms with Crippen molar-refractivity contribution in [3.05, 3.63) is 83.9 Å². The smallest absolute Gasteiger partial charge is 0.119 e. The molecular weight excluding hydrogens is 272 g/mol. The standard InChI is InChI=1S/C20H18O2/c1-14(15-5-3-2-4-6-15)19-13-17(9-12-20(19)22)16-7-10-18(21)11-8-16/h2-14,21-22H,1H3. The number of rotatable bonds is 3. The van der Waals surface area contributed by atoms with E-state index in [2.05, 4.69) is 19.1 Å². The molecule has 2 heteroatoms. The highest BCUT2D eigenvalue weighted by molar-refractivity contribution is 5.67. The predicted molar refractivity (Wildman–Crippen MR) is 89.2 cm³/mol. The minimum absolute atomic E-state index is 0.110. The van der Waals surface area contributed by atoms with Gasteiger partial charge in [0.05, 0.1) is 0 Å². The summed E-state index contributed by atoms with van der Waals surface area (Å²) >= 11 is 0. The fraction of sp³-hybridized carbons (Fsp3) is 0.100. The molecule has 0 aromatic heterocycles. The van der Waals surface area contributed by atoms with Crippen LogP contribution in [0.25, 0.3) is 11.1 Å². The zero-order chi connectivity index (χ0) is 15.5. The number of benzene rings is 3. The van der Waals surface area contributed by atoms with Gasteiger partial charge in [0.25, 0.3) is 0 Å². The topological polar surface area (TPSA) is 40.5 Å². The van der Waals surface area contributed by atoms with Crippen LogP contribution in [0.5, 0.6) is 11.5 Å². The van der Waals surface area contributed by atoms with E-state index in [1.807, 2.05) is 42.5 Å². The quantitative estimate of drug-likeness (QED) is 0.719. The lowest BCUT2D eigenvalue weighted by atomic mass is 9.90. The Balaban J connectivity index is 2.01. The normalized spacial score (nSPS) is 12.0. The second-order valence-corrected chi connectivity index (χ2v) is 5.45. The predicted octanol–water partition coefficient (Wildman–Crippen LogP) is 4.92. The Labute approximate surface area is 130 Å². The number of phenolic OH excluding ortho intramolecular Hbond substituents is 2. The summed E-state index contributed by atoms with van der Waals surface area (Å²) in [5, 5.41) is 19.6. The minimum Gasteiger partial charge on any atom is -0.508 e. The van der Waals surface area contributed by atoms with Crippen molar-refractivity contribution >= 4 is 0 Å². The molecule has 22 heavy (non-hydrogen) atoms. The van der Waals surface area contributed by atoms with Crippen molar-refractivity contribution in [2.75, 3.05) is 0 Å². The van der Waals surface area contributed by atoms with Crippen molar-refractivity contribution in [1.29, 1.82) is 0 Å². The first-order valence-electron chi connectivity index (χ1n) is 7.32. The Morgan fingerprint density at radius 1 is 0.727 bits per heavy atom. The Kier molecular flexibility index (Phi) is 3.84. The van der Waals surface area contributed by atoms with Crippen LogP contribution in [-0.4, -0.2) is 10.2 Å². The van der Waals surface area contributed by atoms with E-state index < -0.39 is 0 Å². The molecule has 0 aliphatic rings. The molecule has 0 radical (unpaired) electrons. The lowest BCUT2D eigenvalue weighted by Crippen LogP contribution is -1.97. The summed E-state index contributed by atoms with van der Waals surface area (Å²) in [7, 11) is 0.